The molecule has 0 radical (unpaired) electrons. The molecule has 7 heteroatoms. The van der Waals surface area contributed by atoms with Crippen molar-refractivity contribution in [3.63, 3.8) is 0 Å². The topological polar surface area (TPSA) is 57.2 Å². The molecule has 1 aromatic carbocycles. The molecule has 2 heterocycles. The normalized spacial score (nSPS) is 19.1. The number of carbonyl (C=O) groups excluding carboxylic acids is 1. The van der Waals surface area contributed by atoms with Crippen LogP contribution in [0.5, 0.6) is 0 Å². The highest BCUT2D eigenvalue weighted by Crippen LogP contribution is 2.21. The standard InChI is InChI=1S/C24H38N4O2.HI/c1-4-30-23(29)22-11-15-28(16-12-22)24(25-3)26-17-20-9-13-27(14-10-20)18-21-7-5-19(2)6-8-21;/h5-8,20,22H,4,9-18H2,1-3H3,(H,25,26);1H. The molecule has 0 unspecified atom stereocenters. The lowest BCUT2D eigenvalue weighted by atomic mass is 9.96. The third kappa shape index (κ3) is 7.93. The minimum absolute atomic E-state index is 0. The first-order valence-electron chi connectivity index (χ1n) is 11.5. The number of aliphatic imine (C=N–C) groups is 1. The second-order valence-corrected chi connectivity index (χ2v) is 8.65. The summed E-state index contributed by atoms with van der Waals surface area (Å²) in [7, 11) is 1.85. The Kier molecular flexibility index (Phi) is 11.1. The Hall–Kier alpha value is -1.35. The largest absolute Gasteiger partial charge is 0.466 e. The molecule has 0 amide bonds. The van der Waals surface area contributed by atoms with E-state index in [1.807, 2.05) is 14.0 Å². The van der Waals surface area contributed by atoms with Crippen molar-refractivity contribution in [2.45, 2.75) is 46.1 Å². The van der Waals surface area contributed by atoms with Crippen LogP contribution in [0, 0.1) is 18.8 Å². The molecule has 0 atom stereocenters. The van der Waals surface area contributed by atoms with E-state index in [9.17, 15) is 4.79 Å². The highest BCUT2D eigenvalue weighted by Gasteiger charge is 2.28. The Bertz CT molecular complexity index is 694. The van der Waals surface area contributed by atoms with Gasteiger partial charge in [0.1, 0.15) is 0 Å². The average molecular weight is 543 g/mol. The van der Waals surface area contributed by atoms with Gasteiger partial charge in [0.05, 0.1) is 12.5 Å². The van der Waals surface area contributed by atoms with Crippen LogP contribution in [0.1, 0.15) is 43.7 Å². The zero-order valence-electron chi connectivity index (χ0n) is 19.3. The molecule has 1 aromatic rings. The van der Waals surface area contributed by atoms with E-state index in [4.69, 9.17) is 4.74 Å². The molecule has 0 bridgehead atoms. The zero-order valence-corrected chi connectivity index (χ0v) is 21.6. The number of nitrogens with zero attached hydrogens (tertiary/aromatic N) is 3. The number of halogens is 1. The van der Waals surface area contributed by atoms with Gasteiger partial charge >= 0.3 is 5.97 Å². The van der Waals surface area contributed by atoms with Gasteiger partial charge < -0.3 is 15.0 Å². The maximum absolute atomic E-state index is 11.9. The molecular formula is C24H39IN4O2. The predicted octanol–water partition coefficient (Wildman–Crippen LogP) is 3.68. The molecule has 31 heavy (non-hydrogen) atoms. The van der Waals surface area contributed by atoms with Gasteiger partial charge in [0.15, 0.2) is 5.96 Å². The summed E-state index contributed by atoms with van der Waals surface area (Å²) in [6.45, 7) is 10.5. The van der Waals surface area contributed by atoms with Crippen molar-refractivity contribution in [2.24, 2.45) is 16.8 Å². The van der Waals surface area contributed by atoms with E-state index in [-0.39, 0.29) is 35.9 Å². The van der Waals surface area contributed by atoms with E-state index in [0.29, 0.717) is 12.5 Å². The van der Waals surface area contributed by atoms with Crippen LogP contribution in [0.2, 0.25) is 0 Å². The lowest BCUT2D eigenvalue weighted by Gasteiger charge is -2.35. The molecule has 3 rings (SSSR count). The number of carbonyl (C=O) groups is 1. The van der Waals surface area contributed by atoms with Crippen LogP contribution in [0.15, 0.2) is 29.3 Å². The number of esters is 1. The van der Waals surface area contributed by atoms with Crippen LogP contribution >= 0.6 is 24.0 Å². The number of nitrogens with one attached hydrogen (secondary N) is 1. The molecule has 0 saturated carbocycles. The van der Waals surface area contributed by atoms with E-state index in [2.05, 4.69) is 51.3 Å². The molecule has 2 fully saturated rings. The van der Waals surface area contributed by atoms with Crippen molar-refractivity contribution in [1.82, 2.24) is 15.1 Å². The molecule has 6 nitrogen and oxygen atoms in total. The van der Waals surface area contributed by atoms with Gasteiger partial charge in [-0.15, -0.1) is 24.0 Å². The Balaban J connectivity index is 0.00000341. The number of aryl methyl sites for hydroxylation is 1. The number of likely N-dealkylation sites (tertiary alicyclic amines) is 2. The smallest absolute Gasteiger partial charge is 0.309 e. The average Bonchev–Trinajstić information content (AvgIpc) is 2.77. The monoisotopic (exact) mass is 542 g/mol. The van der Waals surface area contributed by atoms with Crippen molar-refractivity contribution < 1.29 is 9.53 Å². The number of piperidine rings is 2. The summed E-state index contributed by atoms with van der Waals surface area (Å²) in [6.07, 6.45) is 4.13. The molecule has 0 spiro atoms. The van der Waals surface area contributed by atoms with Gasteiger partial charge in [0, 0.05) is 33.2 Å². The van der Waals surface area contributed by atoms with Gasteiger partial charge in [0.2, 0.25) is 0 Å². The fourth-order valence-electron chi connectivity index (χ4n) is 4.46. The molecule has 2 saturated heterocycles. The van der Waals surface area contributed by atoms with Crippen molar-refractivity contribution in [1.29, 1.82) is 0 Å². The highest BCUT2D eigenvalue weighted by molar-refractivity contribution is 14.0. The third-order valence-corrected chi connectivity index (χ3v) is 6.41. The Morgan fingerprint density at radius 1 is 1.10 bits per heavy atom. The number of hydrogen-bond donors (Lipinski definition) is 1. The van der Waals surface area contributed by atoms with Crippen LogP contribution in [-0.4, -0.2) is 68.1 Å². The van der Waals surface area contributed by atoms with Gasteiger partial charge in [0.25, 0.3) is 0 Å². The molecule has 0 aromatic heterocycles. The number of ether oxygens (including phenoxy) is 1. The first-order chi connectivity index (χ1) is 14.6. The molecule has 2 aliphatic rings. The van der Waals surface area contributed by atoms with Gasteiger partial charge in [-0.25, -0.2) is 0 Å². The number of benzene rings is 1. The van der Waals surface area contributed by atoms with Crippen molar-refractivity contribution in [3.8, 4) is 0 Å². The Morgan fingerprint density at radius 2 is 1.74 bits per heavy atom. The summed E-state index contributed by atoms with van der Waals surface area (Å²) in [5.41, 5.74) is 2.73. The summed E-state index contributed by atoms with van der Waals surface area (Å²) in [6, 6.07) is 8.90. The molecule has 174 valence electrons. The third-order valence-electron chi connectivity index (χ3n) is 6.41. The van der Waals surface area contributed by atoms with Crippen molar-refractivity contribution in [3.05, 3.63) is 35.4 Å². The zero-order chi connectivity index (χ0) is 21.3. The van der Waals surface area contributed by atoms with Crippen LogP contribution in [0.4, 0.5) is 0 Å². The number of rotatable bonds is 6. The number of guanidine groups is 1. The minimum atomic E-state index is -0.0440. The fourth-order valence-corrected chi connectivity index (χ4v) is 4.46. The van der Waals surface area contributed by atoms with Crippen LogP contribution in [-0.2, 0) is 16.1 Å². The quantitative estimate of drug-likeness (QED) is 0.257. The van der Waals surface area contributed by atoms with Crippen molar-refractivity contribution >= 4 is 35.9 Å². The van der Waals surface area contributed by atoms with Crippen molar-refractivity contribution in [2.75, 3.05) is 46.4 Å². The Labute approximate surface area is 204 Å². The van der Waals surface area contributed by atoms with Crippen LogP contribution < -0.4 is 5.32 Å². The highest BCUT2D eigenvalue weighted by atomic mass is 127. The molecule has 1 N–H and O–H groups in total. The van der Waals surface area contributed by atoms with Gasteiger partial charge in [-0.3, -0.25) is 14.7 Å². The van der Waals surface area contributed by atoms with Crippen LogP contribution in [0.3, 0.4) is 0 Å². The summed E-state index contributed by atoms with van der Waals surface area (Å²) < 4.78 is 5.17. The SMILES string of the molecule is CCOC(=O)C1CCN(C(=NC)NCC2CCN(Cc3ccc(C)cc3)CC2)CC1.I. The van der Waals surface area contributed by atoms with Gasteiger partial charge in [-0.2, -0.15) is 0 Å². The van der Waals surface area contributed by atoms with E-state index in [1.165, 1.54) is 24.0 Å². The van der Waals surface area contributed by atoms with E-state index < -0.39 is 0 Å². The number of hydrogen-bond acceptors (Lipinski definition) is 4. The first kappa shape index (κ1) is 25.9. The van der Waals surface area contributed by atoms with Crippen LogP contribution in [0.25, 0.3) is 0 Å². The van der Waals surface area contributed by atoms with Gasteiger partial charge in [-0.05, 0) is 64.1 Å². The Morgan fingerprint density at radius 3 is 2.32 bits per heavy atom. The lowest BCUT2D eigenvalue weighted by molar-refractivity contribution is -0.149. The molecule has 2 aliphatic heterocycles. The second-order valence-electron chi connectivity index (χ2n) is 8.65. The fraction of sp³-hybridized carbons (Fsp3) is 0.667. The summed E-state index contributed by atoms with van der Waals surface area (Å²) in [4.78, 5) is 21.3. The molecular weight excluding hydrogens is 503 g/mol. The maximum atomic E-state index is 11.9. The van der Waals surface area contributed by atoms with E-state index >= 15 is 0 Å². The second kappa shape index (κ2) is 13.3. The first-order valence-corrected chi connectivity index (χ1v) is 11.5. The summed E-state index contributed by atoms with van der Waals surface area (Å²) in [5, 5.41) is 3.59. The van der Waals surface area contributed by atoms with Gasteiger partial charge in [-0.1, -0.05) is 29.8 Å². The predicted molar refractivity (Wildman–Crippen MR) is 137 cm³/mol. The molecule has 0 aliphatic carbocycles. The minimum Gasteiger partial charge on any atom is -0.466 e. The van der Waals surface area contributed by atoms with E-state index in [0.717, 1.165) is 58.1 Å². The maximum Gasteiger partial charge on any atom is 0.309 e. The lowest BCUT2D eigenvalue weighted by Crippen LogP contribution is -2.48. The van der Waals surface area contributed by atoms with E-state index in [1.54, 1.807) is 0 Å². The summed E-state index contributed by atoms with van der Waals surface area (Å²) in [5.74, 6) is 1.65. The summed E-state index contributed by atoms with van der Waals surface area (Å²) >= 11 is 0.